The number of nitrogens with two attached hydrogens (primary N) is 2. The Hall–Kier alpha value is -1.10. The number of hydrogen-bond acceptors (Lipinski definition) is 3. The highest BCUT2D eigenvalue weighted by Gasteiger charge is 2.48. The minimum absolute atomic E-state index is 0.284. The minimum atomic E-state index is -0.810. The van der Waals surface area contributed by atoms with Crippen LogP contribution in [-0.4, -0.2) is 18.5 Å². The maximum absolute atomic E-state index is 11.1. The molecule has 62 valence electrons. The van der Waals surface area contributed by atoms with Gasteiger partial charge in [-0.05, 0) is 12.8 Å². The van der Waals surface area contributed by atoms with Crippen LogP contribution in [0.15, 0.2) is 0 Å². The Balaban J connectivity index is 2.48. The van der Waals surface area contributed by atoms with Crippen molar-refractivity contribution < 1.29 is 9.59 Å². The van der Waals surface area contributed by atoms with E-state index in [4.69, 9.17) is 11.5 Å². The molecule has 1 aliphatic rings. The lowest BCUT2D eigenvalue weighted by Gasteiger charge is -2.09. The van der Waals surface area contributed by atoms with Crippen LogP contribution in [-0.2, 0) is 4.79 Å². The molecule has 3 amide bonds. The first-order valence-corrected chi connectivity index (χ1v) is 3.42. The van der Waals surface area contributed by atoms with Gasteiger partial charge in [0.05, 0.1) is 5.41 Å². The van der Waals surface area contributed by atoms with Gasteiger partial charge in [0.1, 0.15) is 0 Å². The molecule has 5 nitrogen and oxygen atoms in total. The third kappa shape index (κ3) is 1.48. The molecule has 5 N–H and O–H groups in total. The molecule has 0 heterocycles. The van der Waals surface area contributed by atoms with Gasteiger partial charge in [0.2, 0.25) is 5.91 Å². The van der Waals surface area contributed by atoms with Crippen LogP contribution in [0.1, 0.15) is 12.8 Å². The van der Waals surface area contributed by atoms with E-state index in [2.05, 4.69) is 0 Å². The summed E-state index contributed by atoms with van der Waals surface area (Å²) < 4.78 is 0. The minimum Gasteiger partial charge on any atom is -0.351 e. The van der Waals surface area contributed by atoms with E-state index in [1.807, 2.05) is 5.32 Å². The number of hydrogen-bond donors (Lipinski definition) is 3. The molecule has 0 aromatic heterocycles. The number of carbonyl (C=O) groups is 2. The number of imide groups is 1. The molecule has 1 saturated carbocycles. The number of rotatable bonds is 2. The van der Waals surface area contributed by atoms with Crippen molar-refractivity contribution in [3.8, 4) is 0 Å². The Morgan fingerprint density at radius 1 is 1.45 bits per heavy atom. The lowest BCUT2D eigenvalue weighted by atomic mass is 10.1. The summed E-state index contributed by atoms with van der Waals surface area (Å²) in [6.45, 7) is 0.284. The second-order valence-electron chi connectivity index (χ2n) is 2.80. The van der Waals surface area contributed by atoms with Crippen LogP contribution in [0.2, 0.25) is 0 Å². The molecule has 0 spiro atoms. The summed E-state index contributed by atoms with van der Waals surface area (Å²) in [5, 5.41) is 2.02. The zero-order valence-electron chi connectivity index (χ0n) is 6.09. The molecule has 1 rings (SSSR count). The van der Waals surface area contributed by atoms with Crippen molar-refractivity contribution in [1.29, 1.82) is 0 Å². The Kier molecular flexibility index (Phi) is 1.82. The molecule has 11 heavy (non-hydrogen) atoms. The molecular formula is C6H11N3O2. The Labute approximate surface area is 64.1 Å². The fourth-order valence-corrected chi connectivity index (χ4v) is 0.919. The molecule has 0 atom stereocenters. The lowest BCUT2D eigenvalue weighted by Crippen LogP contribution is -2.42. The number of amides is 3. The number of carbonyl (C=O) groups excluding carboxylic acids is 2. The standard InChI is InChI=1S/C6H11N3O2/c7-3-6(1-2-6)4(10)9-5(8)11/h1-3,7H2,(H3,8,9,10,11). The highest BCUT2D eigenvalue weighted by atomic mass is 16.2. The van der Waals surface area contributed by atoms with Gasteiger partial charge in [-0.3, -0.25) is 10.1 Å². The monoisotopic (exact) mass is 157 g/mol. The average Bonchev–Trinajstić information content (AvgIpc) is 2.65. The molecule has 0 aromatic rings. The largest absolute Gasteiger partial charge is 0.351 e. The topological polar surface area (TPSA) is 98.2 Å². The van der Waals surface area contributed by atoms with Gasteiger partial charge in [-0.15, -0.1) is 0 Å². The van der Waals surface area contributed by atoms with Gasteiger partial charge >= 0.3 is 6.03 Å². The Morgan fingerprint density at radius 3 is 2.27 bits per heavy atom. The van der Waals surface area contributed by atoms with Crippen LogP contribution in [0.25, 0.3) is 0 Å². The first-order valence-electron chi connectivity index (χ1n) is 3.42. The molecule has 0 radical (unpaired) electrons. The summed E-state index contributed by atoms with van der Waals surface area (Å²) in [6.07, 6.45) is 1.51. The van der Waals surface area contributed by atoms with Crippen molar-refractivity contribution in [1.82, 2.24) is 5.32 Å². The van der Waals surface area contributed by atoms with Crippen LogP contribution in [0.4, 0.5) is 4.79 Å². The highest BCUT2D eigenvalue weighted by Crippen LogP contribution is 2.44. The van der Waals surface area contributed by atoms with Crippen molar-refractivity contribution in [2.75, 3.05) is 6.54 Å². The lowest BCUT2D eigenvalue weighted by molar-refractivity contribution is -0.124. The third-order valence-electron chi connectivity index (χ3n) is 1.96. The van der Waals surface area contributed by atoms with E-state index in [-0.39, 0.29) is 12.5 Å². The summed E-state index contributed by atoms with van der Waals surface area (Å²) in [6, 6.07) is -0.810. The predicted octanol–water partition coefficient (Wildman–Crippen LogP) is -1.08. The van der Waals surface area contributed by atoms with Crippen LogP contribution in [0.3, 0.4) is 0 Å². The van der Waals surface area contributed by atoms with Crippen molar-refractivity contribution in [3.05, 3.63) is 0 Å². The maximum Gasteiger partial charge on any atom is 0.318 e. The van der Waals surface area contributed by atoms with Gasteiger partial charge in [0, 0.05) is 6.54 Å². The van der Waals surface area contributed by atoms with Gasteiger partial charge in [-0.25, -0.2) is 4.79 Å². The number of primary amides is 1. The van der Waals surface area contributed by atoms with E-state index < -0.39 is 11.4 Å². The second-order valence-corrected chi connectivity index (χ2v) is 2.80. The zero-order chi connectivity index (χ0) is 8.48. The molecular weight excluding hydrogens is 146 g/mol. The summed E-state index contributed by atoms with van der Waals surface area (Å²) in [5.74, 6) is -0.340. The SMILES string of the molecule is NCC1(C(=O)NC(N)=O)CC1. The highest BCUT2D eigenvalue weighted by molar-refractivity contribution is 5.98. The Bertz CT molecular complexity index is 198. The van der Waals surface area contributed by atoms with Crippen molar-refractivity contribution in [3.63, 3.8) is 0 Å². The molecule has 0 aliphatic heterocycles. The van der Waals surface area contributed by atoms with Crippen molar-refractivity contribution in [2.45, 2.75) is 12.8 Å². The zero-order valence-corrected chi connectivity index (χ0v) is 6.09. The molecule has 0 bridgehead atoms. The summed E-state index contributed by atoms with van der Waals surface area (Å²) >= 11 is 0. The quantitative estimate of drug-likeness (QED) is 0.475. The number of urea groups is 1. The van der Waals surface area contributed by atoms with E-state index in [1.54, 1.807) is 0 Å². The van der Waals surface area contributed by atoms with Gasteiger partial charge in [0.15, 0.2) is 0 Å². The van der Waals surface area contributed by atoms with E-state index in [0.717, 1.165) is 12.8 Å². The van der Waals surface area contributed by atoms with Crippen LogP contribution in [0, 0.1) is 5.41 Å². The smallest absolute Gasteiger partial charge is 0.318 e. The molecule has 1 fully saturated rings. The van der Waals surface area contributed by atoms with Crippen LogP contribution >= 0.6 is 0 Å². The van der Waals surface area contributed by atoms with E-state index in [9.17, 15) is 9.59 Å². The fourth-order valence-electron chi connectivity index (χ4n) is 0.919. The molecule has 0 saturated heterocycles. The first kappa shape index (κ1) is 8.00. The van der Waals surface area contributed by atoms with Crippen molar-refractivity contribution >= 4 is 11.9 Å². The van der Waals surface area contributed by atoms with E-state index in [0.29, 0.717) is 0 Å². The normalized spacial score (nSPS) is 19.0. The fraction of sp³-hybridized carbons (Fsp3) is 0.667. The average molecular weight is 157 g/mol. The van der Waals surface area contributed by atoms with Crippen LogP contribution in [0.5, 0.6) is 0 Å². The predicted molar refractivity (Wildman–Crippen MR) is 38.4 cm³/mol. The van der Waals surface area contributed by atoms with Crippen molar-refractivity contribution in [2.24, 2.45) is 16.9 Å². The summed E-state index contributed by atoms with van der Waals surface area (Å²) in [5.41, 5.74) is 9.60. The summed E-state index contributed by atoms with van der Waals surface area (Å²) in [4.78, 5) is 21.3. The third-order valence-corrected chi connectivity index (χ3v) is 1.96. The molecule has 0 unspecified atom stereocenters. The first-order chi connectivity index (χ1) is 5.10. The number of nitrogens with one attached hydrogen (secondary N) is 1. The van der Waals surface area contributed by atoms with Gasteiger partial charge in [-0.2, -0.15) is 0 Å². The van der Waals surface area contributed by atoms with Gasteiger partial charge < -0.3 is 11.5 Å². The molecule has 0 aromatic carbocycles. The molecule has 5 heteroatoms. The maximum atomic E-state index is 11.1. The second kappa shape index (κ2) is 2.50. The Morgan fingerprint density at radius 2 is 2.00 bits per heavy atom. The summed E-state index contributed by atoms with van der Waals surface area (Å²) in [7, 11) is 0. The van der Waals surface area contributed by atoms with E-state index in [1.165, 1.54) is 0 Å². The molecule has 1 aliphatic carbocycles. The van der Waals surface area contributed by atoms with E-state index >= 15 is 0 Å². The van der Waals surface area contributed by atoms with Gasteiger partial charge in [-0.1, -0.05) is 0 Å². The van der Waals surface area contributed by atoms with Gasteiger partial charge in [0.25, 0.3) is 0 Å². The van der Waals surface area contributed by atoms with Crippen LogP contribution < -0.4 is 16.8 Å².